The van der Waals surface area contributed by atoms with Gasteiger partial charge in [-0.15, -0.1) is 0 Å². The minimum Gasteiger partial charge on any atom is -0.464 e. The van der Waals surface area contributed by atoms with Crippen LogP contribution in [0.5, 0.6) is 0 Å². The Balaban J connectivity index is 1.64. The molecule has 7 nitrogen and oxygen atoms in total. The van der Waals surface area contributed by atoms with E-state index < -0.39 is 5.91 Å². The molecule has 0 bridgehead atoms. The molecule has 0 spiro atoms. The van der Waals surface area contributed by atoms with Crippen LogP contribution in [0.1, 0.15) is 33.5 Å². The van der Waals surface area contributed by atoms with Gasteiger partial charge in [0, 0.05) is 31.8 Å². The number of carbonyl (C=O) groups excluding carboxylic acids is 2. The predicted octanol–water partition coefficient (Wildman–Crippen LogP) is 6.12. The highest BCUT2D eigenvalue weighted by Gasteiger charge is 2.25. The Morgan fingerprint density at radius 2 is 1.73 bits per heavy atom. The van der Waals surface area contributed by atoms with Crippen molar-refractivity contribution in [2.24, 2.45) is 0 Å². The van der Waals surface area contributed by atoms with Gasteiger partial charge in [0.25, 0.3) is 5.91 Å². The van der Waals surface area contributed by atoms with Crippen molar-refractivity contribution in [2.75, 3.05) is 26.8 Å². The molecule has 0 aliphatic heterocycles. The van der Waals surface area contributed by atoms with Crippen LogP contribution in [-0.4, -0.2) is 48.4 Å². The summed E-state index contributed by atoms with van der Waals surface area (Å²) in [6.07, 6.45) is 1.92. The molecule has 0 radical (unpaired) electrons. The van der Waals surface area contributed by atoms with Gasteiger partial charge in [0.05, 0.1) is 34.3 Å². The fourth-order valence-corrected chi connectivity index (χ4v) is 4.87. The number of ether oxygens (including phenoxy) is 1. The average Bonchev–Trinajstić information content (AvgIpc) is 2.94. The molecule has 0 aliphatic rings. The molecule has 4 aromatic rings. The average molecular weight is 581 g/mol. The van der Waals surface area contributed by atoms with Crippen LogP contribution < -0.4 is 5.43 Å². The number of methoxy groups -OCH3 is 1. The third-order valence-electron chi connectivity index (χ3n) is 6.48. The zero-order chi connectivity index (χ0) is 28.6. The summed E-state index contributed by atoms with van der Waals surface area (Å²) in [6, 6.07) is 19.5. The van der Waals surface area contributed by atoms with Crippen molar-refractivity contribution in [3.63, 3.8) is 0 Å². The molecule has 0 unspecified atom stereocenters. The van der Waals surface area contributed by atoms with Crippen molar-refractivity contribution in [1.82, 2.24) is 9.80 Å². The van der Waals surface area contributed by atoms with E-state index in [9.17, 15) is 14.4 Å². The fourth-order valence-electron chi connectivity index (χ4n) is 4.38. The minimum atomic E-state index is -0.397. The van der Waals surface area contributed by atoms with Crippen molar-refractivity contribution in [2.45, 2.75) is 26.4 Å². The lowest BCUT2D eigenvalue weighted by Crippen LogP contribution is -2.43. The number of benzene rings is 3. The highest BCUT2D eigenvalue weighted by atomic mass is 35.5. The van der Waals surface area contributed by atoms with E-state index in [0.717, 1.165) is 11.1 Å². The van der Waals surface area contributed by atoms with Crippen LogP contribution in [0.4, 0.5) is 0 Å². The summed E-state index contributed by atoms with van der Waals surface area (Å²) >= 11 is 12.3. The zero-order valence-electron chi connectivity index (χ0n) is 22.4. The number of hydrogen-bond donors (Lipinski definition) is 0. The van der Waals surface area contributed by atoms with E-state index in [1.165, 1.54) is 17.2 Å². The van der Waals surface area contributed by atoms with Crippen LogP contribution >= 0.6 is 23.2 Å². The molecule has 2 amide bonds. The van der Waals surface area contributed by atoms with Gasteiger partial charge >= 0.3 is 0 Å². The first-order valence-electron chi connectivity index (χ1n) is 12.8. The van der Waals surface area contributed by atoms with E-state index in [1.54, 1.807) is 36.3 Å². The predicted molar refractivity (Wildman–Crippen MR) is 157 cm³/mol. The monoisotopic (exact) mass is 580 g/mol. The number of amides is 2. The first-order valence-corrected chi connectivity index (χ1v) is 13.6. The van der Waals surface area contributed by atoms with Crippen LogP contribution in [0.2, 0.25) is 10.0 Å². The summed E-state index contributed by atoms with van der Waals surface area (Å²) in [5, 5.41) is 1.06. The molecule has 1 aromatic heterocycles. The number of rotatable bonds is 11. The van der Waals surface area contributed by atoms with Gasteiger partial charge in [0.1, 0.15) is 12.1 Å². The van der Waals surface area contributed by atoms with Gasteiger partial charge in [-0.1, -0.05) is 65.2 Å². The third kappa shape index (κ3) is 7.30. The molecule has 1 heterocycles. The third-order valence-corrected chi connectivity index (χ3v) is 7.03. The van der Waals surface area contributed by atoms with E-state index in [1.807, 2.05) is 43.3 Å². The van der Waals surface area contributed by atoms with E-state index >= 15 is 0 Å². The largest absolute Gasteiger partial charge is 0.464 e. The molecule has 208 valence electrons. The minimum absolute atomic E-state index is 0.0156. The standard InChI is InChI=1S/C31H30Cl2N2O5/c1-21-9-12-28-26(15-21)30(37)23(20-40-28)18-35(17-22-7-4-3-5-8-22)29(36)19-34(13-6-14-39-2)31(38)25-11-10-24(32)16-27(25)33/h3-5,7-12,15-16,20H,6,13-14,17-19H2,1-2H3. The second-order valence-corrected chi connectivity index (χ2v) is 10.4. The van der Waals surface area contributed by atoms with Gasteiger partial charge in [-0.25, -0.2) is 0 Å². The Morgan fingerprint density at radius 3 is 2.45 bits per heavy atom. The summed E-state index contributed by atoms with van der Waals surface area (Å²) in [5.41, 5.74) is 2.69. The Morgan fingerprint density at radius 1 is 0.950 bits per heavy atom. The fraction of sp³-hybridized carbons (Fsp3) is 0.258. The molecule has 40 heavy (non-hydrogen) atoms. The van der Waals surface area contributed by atoms with Crippen LogP contribution in [0, 0.1) is 6.92 Å². The summed E-state index contributed by atoms with van der Waals surface area (Å²) in [7, 11) is 1.57. The second kappa shape index (κ2) is 13.6. The van der Waals surface area contributed by atoms with Crippen molar-refractivity contribution in [3.05, 3.63) is 116 Å². The zero-order valence-corrected chi connectivity index (χ0v) is 23.9. The second-order valence-electron chi connectivity index (χ2n) is 9.52. The lowest BCUT2D eigenvalue weighted by molar-refractivity contribution is -0.133. The Hall–Kier alpha value is -3.65. The molecular weight excluding hydrogens is 551 g/mol. The summed E-state index contributed by atoms with van der Waals surface area (Å²) < 4.78 is 10.9. The van der Waals surface area contributed by atoms with E-state index in [2.05, 4.69) is 0 Å². The van der Waals surface area contributed by atoms with Crippen LogP contribution in [0.15, 0.2) is 82.2 Å². The van der Waals surface area contributed by atoms with E-state index in [4.69, 9.17) is 32.4 Å². The Bertz CT molecular complexity index is 1550. The van der Waals surface area contributed by atoms with Crippen molar-refractivity contribution in [3.8, 4) is 0 Å². The topological polar surface area (TPSA) is 80.1 Å². The maximum Gasteiger partial charge on any atom is 0.255 e. The highest BCUT2D eigenvalue weighted by molar-refractivity contribution is 6.36. The quantitative estimate of drug-likeness (QED) is 0.200. The van der Waals surface area contributed by atoms with Gasteiger partial charge < -0.3 is 19.0 Å². The SMILES string of the molecule is COCCCN(CC(=O)N(Cc1ccccc1)Cc1coc2ccc(C)cc2c1=O)C(=O)c1ccc(Cl)cc1Cl. The van der Waals surface area contributed by atoms with E-state index in [0.29, 0.717) is 34.6 Å². The van der Waals surface area contributed by atoms with E-state index in [-0.39, 0.29) is 48.1 Å². The normalized spacial score (nSPS) is 11.0. The number of fused-ring (bicyclic) bond motifs is 1. The van der Waals surface area contributed by atoms with Crippen LogP contribution in [0.25, 0.3) is 11.0 Å². The number of nitrogens with zero attached hydrogens (tertiary/aromatic N) is 2. The smallest absolute Gasteiger partial charge is 0.255 e. The molecule has 9 heteroatoms. The van der Waals surface area contributed by atoms with Crippen molar-refractivity contribution in [1.29, 1.82) is 0 Å². The number of halogens is 2. The van der Waals surface area contributed by atoms with Gasteiger partial charge in [-0.3, -0.25) is 14.4 Å². The first kappa shape index (κ1) is 29.3. The van der Waals surface area contributed by atoms with Gasteiger partial charge in [-0.2, -0.15) is 0 Å². The molecular formula is C31H30Cl2N2O5. The summed E-state index contributed by atoms with van der Waals surface area (Å²) in [4.78, 5) is 43.7. The molecule has 0 N–H and O–H groups in total. The lowest BCUT2D eigenvalue weighted by Gasteiger charge is -2.28. The first-order chi connectivity index (χ1) is 19.3. The highest BCUT2D eigenvalue weighted by Crippen LogP contribution is 2.23. The van der Waals surface area contributed by atoms with Crippen LogP contribution in [-0.2, 0) is 22.6 Å². The number of carbonyl (C=O) groups is 2. The summed E-state index contributed by atoms with van der Waals surface area (Å²) in [5.74, 6) is -0.727. The maximum absolute atomic E-state index is 13.8. The van der Waals surface area contributed by atoms with Gasteiger partial charge in [0.15, 0.2) is 5.43 Å². The molecule has 3 aromatic carbocycles. The lowest BCUT2D eigenvalue weighted by atomic mass is 10.1. The van der Waals surface area contributed by atoms with Crippen molar-refractivity contribution < 1.29 is 18.7 Å². The molecule has 4 rings (SSSR count). The number of hydrogen-bond acceptors (Lipinski definition) is 5. The summed E-state index contributed by atoms with van der Waals surface area (Å²) in [6.45, 7) is 2.63. The van der Waals surface area contributed by atoms with Crippen LogP contribution in [0.3, 0.4) is 0 Å². The number of aryl methyl sites for hydroxylation is 1. The Kier molecular flexibility index (Phi) is 9.98. The molecule has 0 aliphatic carbocycles. The molecule has 0 fully saturated rings. The van der Waals surface area contributed by atoms with Gasteiger partial charge in [0.2, 0.25) is 5.91 Å². The Labute approximate surface area is 242 Å². The van der Waals surface area contributed by atoms with Gasteiger partial charge in [-0.05, 0) is 49.2 Å². The van der Waals surface area contributed by atoms with Crippen molar-refractivity contribution >= 4 is 46.0 Å². The molecule has 0 atom stereocenters. The molecule has 0 saturated carbocycles. The maximum atomic E-state index is 13.8. The molecule has 0 saturated heterocycles.